The number of nitrogens with zero attached hydrogens (tertiary/aromatic N) is 2. The molecule has 2 aromatic rings. The normalized spacial score (nSPS) is 9.79. The number of aliphatic hydroxyl groups is 1. The van der Waals surface area contributed by atoms with Crippen molar-refractivity contribution in [2.75, 3.05) is 6.61 Å². The zero-order chi connectivity index (χ0) is 13.7. The Hall–Kier alpha value is -2.17. The van der Waals surface area contributed by atoms with E-state index in [1.165, 1.54) is 11.3 Å². The Kier molecular flexibility index (Phi) is 4.28. The summed E-state index contributed by atoms with van der Waals surface area (Å²) in [7, 11) is 0. The van der Waals surface area contributed by atoms with Crippen LogP contribution in [0.15, 0.2) is 16.0 Å². The van der Waals surface area contributed by atoms with E-state index in [4.69, 9.17) is 9.63 Å². The van der Waals surface area contributed by atoms with Crippen LogP contribution in [0, 0.1) is 18.8 Å². The van der Waals surface area contributed by atoms with Gasteiger partial charge in [0.25, 0.3) is 5.91 Å². The first-order valence-electron chi connectivity index (χ1n) is 5.44. The van der Waals surface area contributed by atoms with Gasteiger partial charge in [0.15, 0.2) is 5.82 Å². The van der Waals surface area contributed by atoms with Gasteiger partial charge in [0.1, 0.15) is 6.61 Å². The molecule has 2 heterocycles. The smallest absolute Gasteiger partial charge is 0.252 e. The molecular formula is C12H11N3O3S. The summed E-state index contributed by atoms with van der Waals surface area (Å²) in [4.78, 5) is 16.5. The van der Waals surface area contributed by atoms with Gasteiger partial charge in [-0.2, -0.15) is 4.98 Å². The van der Waals surface area contributed by atoms with Crippen molar-refractivity contribution in [1.29, 1.82) is 0 Å². The summed E-state index contributed by atoms with van der Waals surface area (Å²) in [6, 6.07) is 1.67. The van der Waals surface area contributed by atoms with E-state index in [1.54, 1.807) is 18.4 Å². The van der Waals surface area contributed by atoms with Crippen molar-refractivity contribution in [3.8, 4) is 11.8 Å². The second-order valence-corrected chi connectivity index (χ2v) is 4.49. The predicted octanol–water partition coefficient (Wildman–Crippen LogP) is 0.713. The summed E-state index contributed by atoms with van der Waals surface area (Å²) in [5.41, 5.74) is 0.517. The molecule has 0 atom stereocenters. The number of nitrogens with one attached hydrogen (secondary N) is 1. The summed E-state index contributed by atoms with van der Waals surface area (Å²) in [5, 5.41) is 16.6. The lowest BCUT2D eigenvalue weighted by atomic mass is 10.3. The fraction of sp³-hybridized carbons (Fsp3) is 0.250. The van der Waals surface area contributed by atoms with Crippen LogP contribution in [0.25, 0.3) is 0 Å². The molecule has 2 rings (SSSR count). The quantitative estimate of drug-likeness (QED) is 0.807. The molecular weight excluding hydrogens is 266 g/mol. The highest BCUT2D eigenvalue weighted by atomic mass is 32.1. The summed E-state index contributed by atoms with van der Waals surface area (Å²) < 4.78 is 4.89. The summed E-state index contributed by atoms with van der Waals surface area (Å²) in [6.45, 7) is 1.70. The molecule has 98 valence electrons. The number of amides is 1. The number of carbonyl (C=O) groups excluding carboxylic acids is 1. The molecule has 0 unspecified atom stereocenters. The van der Waals surface area contributed by atoms with Crippen LogP contribution in [-0.4, -0.2) is 27.8 Å². The Bertz CT molecular complexity index is 636. The number of hydrogen-bond donors (Lipinski definition) is 2. The van der Waals surface area contributed by atoms with E-state index < -0.39 is 0 Å². The van der Waals surface area contributed by atoms with E-state index in [1.807, 2.05) is 0 Å². The van der Waals surface area contributed by atoms with Crippen LogP contribution in [0.5, 0.6) is 0 Å². The average molecular weight is 277 g/mol. The van der Waals surface area contributed by atoms with Crippen molar-refractivity contribution in [1.82, 2.24) is 15.5 Å². The molecule has 2 aromatic heterocycles. The Labute approximate surface area is 113 Å². The highest BCUT2D eigenvalue weighted by Crippen LogP contribution is 2.13. The van der Waals surface area contributed by atoms with Gasteiger partial charge in [0.2, 0.25) is 5.89 Å². The molecule has 0 aliphatic carbocycles. The molecule has 0 aliphatic heterocycles. The minimum atomic E-state index is -0.232. The van der Waals surface area contributed by atoms with Gasteiger partial charge in [-0.25, -0.2) is 0 Å². The lowest BCUT2D eigenvalue weighted by molar-refractivity contribution is 0.0946. The fourth-order valence-electron chi connectivity index (χ4n) is 1.32. The third-order valence-electron chi connectivity index (χ3n) is 2.12. The van der Waals surface area contributed by atoms with Gasteiger partial charge in [-0.1, -0.05) is 17.0 Å². The van der Waals surface area contributed by atoms with Crippen LogP contribution in [0.2, 0.25) is 0 Å². The van der Waals surface area contributed by atoms with Gasteiger partial charge in [0, 0.05) is 5.38 Å². The first kappa shape index (κ1) is 13.3. The lowest BCUT2D eigenvalue weighted by Crippen LogP contribution is -2.22. The molecule has 0 spiro atoms. The van der Waals surface area contributed by atoms with Crippen molar-refractivity contribution in [3.63, 3.8) is 0 Å². The number of aromatic nitrogens is 2. The first-order chi connectivity index (χ1) is 9.19. The molecule has 0 radical (unpaired) electrons. The number of rotatable bonds is 3. The highest BCUT2D eigenvalue weighted by molar-refractivity contribution is 7.10. The average Bonchev–Trinajstić information content (AvgIpc) is 3.02. The molecule has 19 heavy (non-hydrogen) atoms. The van der Waals surface area contributed by atoms with Crippen LogP contribution in [0.1, 0.15) is 27.0 Å². The number of hydrogen-bond acceptors (Lipinski definition) is 6. The minimum Gasteiger partial charge on any atom is -0.384 e. The van der Waals surface area contributed by atoms with Crippen molar-refractivity contribution >= 4 is 17.2 Å². The van der Waals surface area contributed by atoms with E-state index in [0.29, 0.717) is 17.3 Å². The molecule has 0 bridgehead atoms. The van der Waals surface area contributed by atoms with Crippen LogP contribution in [-0.2, 0) is 6.54 Å². The van der Waals surface area contributed by atoms with Crippen molar-refractivity contribution in [3.05, 3.63) is 33.6 Å². The van der Waals surface area contributed by atoms with Crippen molar-refractivity contribution in [2.45, 2.75) is 13.5 Å². The van der Waals surface area contributed by atoms with Crippen molar-refractivity contribution in [2.24, 2.45) is 0 Å². The monoisotopic (exact) mass is 277 g/mol. The predicted molar refractivity (Wildman–Crippen MR) is 68.5 cm³/mol. The van der Waals surface area contributed by atoms with Crippen LogP contribution >= 0.6 is 11.3 Å². The topological polar surface area (TPSA) is 88.2 Å². The van der Waals surface area contributed by atoms with Crippen molar-refractivity contribution < 1.29 is 14.4 Å². The standard InChI is InChI=1S/C12H11N3O3S/c1-8-14-11(18-15-8)6-13-12(17)9-5-10(19-7-9)3-2-4-16/h5,7,16H,4,6H2,1H3,(H,13,17). The van der Waals surface area contributed by atoms with Gasteiger partial charge >= 0.3 is 0 Å². The zero-order valence-corrected chi connectivity index (χ0v) is 11.0. The molecule has 6 nitrogen and oxygen atoms in total. The second kappa shape index (κ2) is 6.13. The van der Waals surface area contributed by atoms with Crippen LogP contribution < -0.4 is 5.32 Å². The maximum absolute atomic E-state index is 11.8. The van der Waals surface area contributed by atoms with Gasteiger partial charge in [0.05, 0.1) is 17.0 Å². The maximum Gasteiger partial charge on any atom is 0.252 e. The zero-order valence-electron chi connectivity index (χ0n) is 10.1. The van der Waals surface area contributed by atoms with Crippen LogP contribution in [0.4, 0.5) is 0 Å². The highest BCUT2D eigenvalue weighted by Gasteiger charge is 2.09. The third kappa shape index (κ3) is 3.64. The molecule has 0 fully saturated rings. The number of carbonyl (C=O) groups is 1. The Morgan fingerprint density at radius 3 is 3.16 bits per heavy atom. The molecule has 0 aromatic carbocycles. The molecule has 2 N–H and O–H groups in total. The molecule has 7 heteroatoms. The van der Waals surface area contributed by atoms with E-state index in [-0.39, 0.29) is 19.1 Å². The molecule has 0 aliphatic rings. The number of aliphatic hydroxyl groups excluding tert-OH is 1. The van der Waals surface area contributed by atoms with E-state index in [0.717, 1.165) is 4.88 Å². The van der Waals surface area contributed by atoms with Gasteiger partial charge in [-0.05, 0) is 13.0 Å². The van der Waals surface area contributed by atoms with Gasteiger partial charge in [-0.3, -0.25) is 4.79 Å². The second-order valence-electron chi connectivity index (χ2n) is 3.58. The largest absolute Gasteiger partial charge is 0.384 e. The minimum absolute atomic E-state index is 0.188. The summed E-state index contributed by atoms with van der Waals surface area (Å²) in [5.74, 6) is 5.93. The SMILES string of the molecule is Cc1noc(CNC(=O)c2csc(C#CCO)c2)n1. The fourth-order valence-corrected chi connectivity index (χ4v) is 2.07. The number of thiophene rings is 1. The van der Waals surface area contributed by atoms with Crippen LogP contribution in [0.3, 0.4) is 0 Å². The number of aryl methyl sites for hydroxylation is 1. The summed E-state index contributed by atoms with van der Waals surface area (Å²) >= 11 is 1.35. The molecule has 0 saturated carbocycles. The van der Waals surface area contributed by atoms with E-state index in [2.05, 4.69) is 27.3 Å². The van der Waals surface area contributed by atoms with E-state index in [9.17, 15) is 4.79 Å². The lowest BCUT2D eigenvalue weighted by Gasteiger charge is -1.98. The molecule has 0 saturated heterocycles. The van der Waals surface area contributed by atoms with Gasteiger partial charge < -0.3 is 14.9 Å². The van der Waals surface area contributed by atoms with Gasteiger partial charge in [-0.15, -0.1) is 11.3 Å². The Balaban J connectivity index is 1.94. The maximum atomic E-state index is 11.8. The molecule has 1 amide bonds. The Morgan fingerprint density at radius 1 is 1.63 bits per heavy atom. The van der Waals surface area contributed by atoms with E-state index >= 15 is 0 Å². The Morgan fingerprint density at radius 2 is 2.47 bits per heavy atom. The first-order valence-corrected chi connectivity index (χ1v) is 6.32. The summed E-state index contributed by atoms with van der Waals surface area (Å²) in [6.07, 6.45) is 0. The third-order valence-corrected chi connectivity index (χ3v) is 2.97.